The number of carbonyl (C=O) groups is 1. The third kappa shape index (κ3) is 4.37. The Morgan fingerprint density at radius 3 is 3.09 bits per heavy atom. The van der Waals surface area contributed by atoms with Crippen LogP contribution in [0.4, 0.5) is 0 Å². The standard InChI is InChI=1S/C16H16BrN3OS2/c1-11-4-6-20-9-13(19-15(20)8-11)16(21)18-5-7-22-10-12-2-3-14(17)23-12/h2-4,6,8-9H,5,7,10H2,1H3,(H,18,21). The van der Waals surface area contributed by atoms with E-state index in [9.17, 15) is 4.79 Å². The van der Waals surface area contributed by atoms with Crippen LogP contribution in [0.3, 0.4) is 0 Å². The number of nitrogens with one attached hydrogen (secondary N) is 1. The molecule has 23 heavy (non-hydrogen) atoms. The van der Waals surface area contributed by atoms with E-state index in [-0.39, 0.29) is 5.91 Å². The molecule has 1 amide bonds. The molecule has 3 heterocycles. The molecule has 0 saturated carbocycles. The van der Waals surface area contributed by atoms with Crippen LogP contribution in [0.5, 0.6) is 0 Å². The Hall–Kier alpha value is -1.31. The summed E-state index contributed by atoms with van der Waals surface area (Å²) in [5.74, 6) is 1.74. The molecule has 0 unspecified atom stereocenters. The maximum absolute atomic E-state index is 12.1. The van der Waals surface area contributed by atoms with Crippen LogP contribution in [0.1, 0.15) is 20.9 Å². The van der Waals surface area contributed by atoms with Gasteiger partial charge in [-0.05, 0) is 52.7 Å². The van der Waals surface area contributed by atoms with Crippen molar-refractivity contribution in [2.45, 2.75) is 12.7 Å². The maximum atomic E-state index is 12.1. The number of nitrogens with zero attached hydrogens (tertiary/aromatic N) is 2. The highest BCUT2D eigenvalue weighted by atomic mass is 79.9. The fourth-order valence-electron chi connectivity index (χ4n) is 2.12. The number of amides is 1. The zero-order chi connectivity index (χ0) is 16.2. The Bertz CT molecular complexity index is 828. The molecule has 0 radical (unpaired) electrons. The number of imidazole rings is 1. The summed E-state index contributed by atoms with van der Waals surface area (Å²) in [5.41, 5.74) is 2.39. The molecule has 0 fully saturated rings. The van der Waals surface area contributed by atoms with Crippen LogP contribution in [0.25, 0.3) is 5.65 Å². The summed E-state index contributed by atoms with van der Waals surface area (Å²) in [4.78, 5) is 17.8. The number of thioether (sulfide) groups is 1. The van der Waals surface area contributed by atoms with E-state index in [1.807, 2.05) is 41.4 Å². The van der Waals surface area contributed by atoms with E-state index < -0.39 is 0 Å². The second-order valence-electron chi connectivity index (χ2n) is 5.11. The van der Waals surface area contributed by atoms with Crippen LogP contribution < -0.4 is 5.32 Å². The number of aromatic nitrogens is 2. The van der Waals surface area contributed by atoms with Crippen molar-refractivity contribution in [3.8, 4) is 0 Å². The van der Waals surface area contributed by atoms with Gasteiger partial charge in [0.15, 0.2) is 0 Å². The summed E-state index contributed by atoms with van der Waals surface area (Å²) in [5, 5.41) is 2.92. The first-order chi connectivity index (χ1) is 11.1. The Morgan fingerprint density at radius 2 is 2.30 bits per heavy atom. The summed E-state index contributed by atoms with van der Waals surface area (Å²) in [6, 6.07) is 8.15. The minimum Gasteiger partial charge on any atom is -0.350 e. The summed E-state index contributed by atoms with van der Waals surface area (Å²) in [7, 11) is 0. The lowest BCUT2D eigenvalue weighted by Gasteiger charge is -2.02. The smallest absolute Gasteiger partial charge is 0.271 e. The van der Waals surface area contributed by atoms with Crippen molar-refractivity contribution < 1.29 is 4.79 Å². The first-order valence-electron chi connectivity index (χ1n) is 7.17. The van der Waals surface area contributed by atoms with Gasteiger partial charge in [-0.15, -0.1) is 11.3 Å². The lowest BCUT2D eigenvalue weighted by atomic mass is 10.3. The van der Waals surface area contributed by atoms with Gasteiger partial charge < -0.3 is 9.72 Å². The third-order valence-electron chi connectivity index (χ3n) is 3.25. The largest absolute Gasteiger partial charge is 0.350 e. The van der Waals surface area contributed by atoms with Crippen LogP contribution in [-0.4, -0.2) is 27.6 Å². The van der Waals surface area contributed by atoms with Crippen LogP contribution in [-0.2, 0) is 5.75 Å². The number of hydrogen-bond acceptors (Lipinski definition) is 4. The van der Waals surface area contributed by atoms with Crippen molar-refractivity contribution in [2.24, 2.45) is 0 Å². The van der Waals surface area contributed by atoms with Gasteiger partial charge in [0, 0.05) is 35.3 Å². The summed E-state index contributed by atoms with van der Waals surface area (Å²) < 4.78 is 3.02. The molecule has 0 aliphatic rings. The Morgan fingerprint density at radius 1 is 1.43 bits per heavy atom. The fraction of sp³-hybridized carbons (Fsp3) is 0.250. The number of thiophene rings is 1. The molecule has 0 aliphatic carbocycles. The second kappa shape index (κ2) is 7.51. The lowest BCUT2D eigenvalue weighted by molar-refractivity contribution is 0.0952. The second-order valence-corrected chi connectivity index (χ2v) is 8.76. The number of rotatable bonds is 6. The summed E-state index contributed by atoms with van der Waals surface area (Å²) in [6.07, 6.45) is 3.68. The van der Waals surface area contributed by atoms with E-state index in [0.717, 1.165) is 26.5 Å². The highest BCUT2D eigenvalue weighted by Crippen LogP contribution is 2.25. The number of aryl methyl sites for hydroxylation is 1. The van der Waals surface area contributed by atoms with Gasteiger partial charge in [0.2, 0.25) is 0 Å². The number of hydrogen-bond donors (Lipinski definition) is 1. The first-order valence-corrected chi connectivity index (χ1v) is 9.94. The molecule has 7 heteroatoms. The molecule has 120 valence electrons. The Balaban J connectivity index is 1.46. The van der Waals surface area contributed by atoms with E-state index >= 15 is 0 Å². The zero-order valence-electron chi connectivity index (χ0n) is 12.6. The topological polar surface area (TPSA) is 46.4 Å². The van der Waals surface area contributed by atoms with E-state index in [1.54, 1.807) is 17.5 Å². The van der Waals surface area contributed by atoms with E-state index in [0.29, 0.717) is 12.2 Å². The molecule has 0 saturated heterocycles. The van der Waals surface area contributed by atoms with Gasteiger partial charge in [-0.1, -0.05) is 0 Å². The highest BCUT2D eigenvalue weighted by molar-refractivity contribution is 9.11. The quantitative estimate of drug-likeness (QED) is 0.622. The molecule has 0 aliphatic heterocycles. The van der Waals surface area contributed by atoms with Gasteiger partial charge in [0.1, 0.15) is 11.3 Å². The average molecular weight is 410 g/mol. The lowest BCUT2D eigenvalue weighted by Crippen LogP contribution is -2.26. The van der Waals surface area contributed by atoms with Crippen molar-refractivity contribution in [3.05, 3.63) is 56.6 Å². The number of carbonyl (C=O) groups excluding carboxylic acids is 1. The van der Waals surface area contributed by atoms with Gasteiger partial charge in [0.05, 0.1) is 3.79 Å². The van der Waals surface area contributed by atoms with Crippen LogP contribution in [0.2, 0.25) is 0 Å². The van der Waals surface area contributed by atoms with Gasteiger partial charge in [-0.25, -0.2) is 4.98 Å². The minimum atomic E-state index is -0.120. The SMILES string of the molecule is Cc1ccn2cc(C(=O)NCCSCc3ccc(Br)s3)nc2c1. The van der Waals surface area contributed by atoms with E-state index in [2.05, 4.69) is 38.4 Å². The van der Waals surface area contributed by atoms with Crippen LogP contribution >= 0.6 is 39.0 Å². The molecule has 0 bridgehead atoms. The van der Waals surface area contributed by atoms with Gasteiger partial charge >= 0.3 is 0 Å². The average Bonchev–Trinajstić information content (AvgIpc) is 3.12. The van der Waals surface area contributed by atoms with E-state index in [4.69, 9.17) is 0 Å². The van der Waals surface area contributed by atoms with Crippen molar-refractivity contribution in [3.63, 3.8) is 0 Å². The molecule has 3 aromatic rings. The molecule has 0 aromatic carbocycles. The van der Waals surface area contributed by atoms with Crippen molar-refractivity contribution >= 4 is 50.6 Å². The number of halogens is 1. The van der Waals surface area contributed by atoms with Gasteiger partial charge in [-0.3, -0.25) is 4.79 Å². The monoisotopic (exact) mass is 409 g/mol. The summed E-state index contributed by atoms with van der Waals surface area (Å²) >= 11 is 7.02. The Labute approximate surface area is 151 Å². The molecule has 0 spiro atoms. The van der Waals surface area contributed by atoms with E-state index in [1.165, 1.54) is 4.88 Å². The van der Waals surface area contributed by atoms with Crippen molar-refractivity contribution in [1.29, 1.82) is 0 Å². The predicted molar refractivity (Wildman–Crippen MR) is 100 cm³/mol. The fourth-order valence-corrected chi connectivity index (χ4v) is 4.57. The zero-order valence-corrected chi connectivity index (χ0v) is 15.8. The Kier molecular flexibility index (Phi) is 5.40. The third-order valence-corrected chi connectivity index (χ3v) is 6.07. The number of pyridine rings is 1. The number of fused-ring (bicyclic) bond motifs is 1. The first kappa shape index (κ1) is 16.5. The normalized spacial score (nSPS) is 11.0. The van der Waals surface area contributed by atoms with Gasteiger partial charge in [-0.2, -0.15) is 11.8 Å². The molecule has 3 aromatic heterocycles. The molecule has 0 atom stereocenters. The molecule has 1 N–H and O–H groups in total. The molecular weight excluding hydrogens is 394 g/mol. The highest BCUT2D eigenvalue weighted by Gasteiger charge is 2.10. The molecule has 4 nitrogen and oxygen atoms in total. The predicted octanol–water partition coefficient (Wildman–Crippen LogP) is 4.13. The van der Waals surface area contributed by atoms with Crippen LogP contribution in [0.15, 0.2) is 40.4 Å². The molecule has 3 rings (SSSR count). The maximum Gasteiger partial charge on any atom is 0.271 e. The molecular formula is C16H16BrN3OS2. The summed E-state index contributed by atoms with van der Waals surface area (Å²) in [6.45, 7) is 2.65. The van der Waals surface area contributed by atoms with Gasteiger partial charge in [0.25, 0.3) is 5.91 Å². The van der Waals surface area contributed by atoms with Crippen LogP contribution in [0, 0.1) is 6.92 Å². The van der Waals surface area contributed by atoms with Crippen molar-refractivity contribution in [2.75, 3.05) is 12.3 Å². The van der Waals surface area contributed by atoms with Crippen molar-refractivity contribution in [1.82, 2.24) is 14.7 Å². The minimum absolute atomic E-state index is 0.120.